The van der Waals surface area contributed by atoms with E-state index in [0.717, 1.165) is 31.6 Å². The van der Waals surface area contributed by atoms with Crippen molar-refractivity contribution in [2.75, 3.05) is 13.1 Å². The molecule has 0 bridgehead atoms. The van der Waals surface area contributed by atoms with E-state index in [2.05, 4.69) is 114 Å². The van der Waals surface area contributed by atoms with Crippen LogP contribution in [0.5, 0.6) is 0 Å². The van der Waals surface area contributed by atoms with Gasteiger partial charge >= 0.3 is 0 Å². The number of terminal acetylenes is 2. The lowest BCUT2D eigenvalue weighted by atomic mass is 10.1. The summed E-state index contributed by atoms with van der Waals surface area (Å²) in [7, 11) is 0. The highest BCUT2D eigenvalue weighted by Gasteiger charge is 2.12. The van der Waals surface area contributed by atoms with Crippen LogP contribution in [0.15, 0.2) is 22.6 Å². The molecular formula is C42H78N12O2+2. The summed E-state index contributed by atoms with van der Waals surface area (Å²) in [6.45, 7) is 36.4. The highest BCUT2D eigenvalue weighted by molar-refractivity contribution is 5.95. The first-order valence-electron chi connectivity index (χ1n) is 19.9. The molecule has 56 heavy (non-hydrogen) atoms. The standard InChI is InChI=1S/C11H19N3O.C10H19N3.C7H10O.C6H10.2C4H10N3/c1-8(2)5-11(15)10-7-14(13-12-10)6-9(3)4;1-8(2)5-10-7-13(12-11-10)6-9(3)4;1-4-7(8)5-6(2)3;1-4-5-6(2)3;2*1-4(2)3-6-7-5/h7-9H,5-6H2,1-4H3;7-9H,5-6H2,1-4H3;1,6H,5H2,2-3H3;1,6H,5H2,2-3H3;2*4-5H,3H2,1-2H3/q;;;;2*+1. The number of hydrogen-bond acceptors (Lipinski definition) is 10. The number of nitrogens with zero attached hydrogens (tertiary/aromatic N) is 10. The van der Waals surface area contributed by atoms with Crippen molar-refractivity contribution in [2.45, 2.75) is 150 Å². The largest absolute Gasteiger partial charge is 0.292 e. The fourth-order valence-corrected chi connectivity index (χ4v) is 3.75. The molecule has 2 N–H and O–H groups in total. The van der Waals surface area contributed by atoms with E-state index in [4.69, 9.17) is 23.9 Å². The van der Waals surface area contributed by atoms with Gasteiger partial charge < -0.3 is 0 Å². The highest BCUT2D eigenvalue weighted by atomic mass is 16.1. The Morgan fingerprint density at radius 2 is 1.09 bits per heavy atom. The summed E-state index contributed by atoms with van der Waals surface area (Å²) in [5, 5.41) is 22.9. The topological polar surface area (TPSA) is 196 Å². The Morgan fingerprint density at radius 3 is 1.38 bits per heavy atom. The zero-order valence-corrected chi connectivity index (χ0v) is 37.9. The summed E-state index contributed by atoms with van der Waals surface area (Å²) in [6, 6.07) is 0. The lowest BCUT2D eigenvalue weighted by molar-refractivity contribution is -0.114. The Bertz CT molecular complexity index is 1410. The third-order valence-corrected chi connectivity index (χ3v) is 6.04. The maximum atomic E-state index is 11.6. The molecule has 0 atom stereocenters. The first-order valence-corrected chi connectivity index (χ1v) is 19.9. The molecule has 0 amide bonds. The molecule has 0 fully saturated rings. The maximum absolute atomic E-state index is 11.6. The van der Waals surface area contributed by atoms with Crippen LogP contribution in [0.1, 0.15) is 146 Å². The highest BCUT2D eigenvalue weighted by Crippen LogP contribution is 2.08. The molecule has 0 aliphatic carbocycles. The zero-order chi connectivity index (χ0) is 44.2. The molecule has 2 aromatic heterocycles. The quantitative estimate of drug-likeness (QED) is 0.0559. The van der Waals surface area contributed by atoms with Gasteiger partial charge in [-0.3, -0.25) is 19.0 Å². The smallest absolute Gasteiger partial charge is 0.214 e. The fourth-order valence-electron chi connectivity index (χ4n) is 3.75. The Labute approximate surface area is 340 Å². The first-order chi connectivity index (χ1) is 26.0. The first kappa shape index (κ1) is 58.1. The van der Waals surface area contributed by atoms with Crippen LogP contribution in [-0.4, -0.2) is 54.6 Å². The average molecular weight is 783 g/mol. The molecule has 316 valence electrons. The monoisotopic (exact) mass is 783 g/mol. The van der Waals surface area contributed by atoms with E-state index in [-0.39, 0.29) is 11.6 Å². The van der Waals surface area contributed by atoms with E-state index in [1.807, 2.05) is 60.1 Å². The van der Waals surface area contributed by atoms with E-state index in [1.54, 1.807) is 10.9 Å². The summed E-state index contributed by atoms with van der Waals surface area (Å²) < 4.78 is 3.67. The molecule has 0 aliphatic rings. The van der Waals surface area contributed by atoms with Gasteiger partial charge in [0.05, 0.1) is 11.9 Å². The molecule has 0 spiro atoms. The number of Topliss-reactive ketones (excluding diaryl/α,β-unsaturated/α-hetero) is 2. The molecule has 2 aromatic rings. The zero-order valence-electron chi connectivity index (χ0n) is 37.9. The molecule has 0 saturated heterocycles. The van der Waals surface area contributed by atoms with Crippen molar-refractivity contribution in [3.05, 3.63) is 23.8 Å². The van der Waals surface area contributed by atoms with E-state index >= 15 is 0 Å². The fraction of sp³-hybridized carbons (Fsp3) is 0.762. The summed E-state index contributed by atoms with van der Waals surface area (Å²) in [5.41, 5.74) is 14.1. The van der Waals surface area contributed by atoms with E-state index in [1.165, 1.54) is 0 Å². The minimum absolute atomic E-state index is 0.0833. The lowest BCUT2D eigenvalue weighted by Gasteiger charge is -2.02. The van der Waals surface area contributed by atoms with Crippen molar-refractivity contribution in [2.24, 2.45) is 57.6 Å². The number of rotatable bonds is 16. The maximum Gasteiger partial charge on any atom is 0.214 e. The van der Waals surface area contributed by atoms with Crippen LogP contribution in [0.4, 0.5) is 0 Å². The second-order valence-electron chi connectivity index (χ2n) is 16.8. The molecule has 0 unspecified atom stereocenters. The molecule has 0 aromatic carbocycles. The molecule has 0 aliphatic heterocycles. The SMILES string of the molecule is C#CC(=O)CC(C)C.C#CCC(C)C.CC(C)CC(=O)c1cn(CC(C)C)nn1.CC(C)CN=[N+]=N.CC(C)CN=[N+]=N.CC(C)Cc1cn(CC(C)C)nn1. The van der Waals surface area contributed by atoms with Gasteiger partial charge in [-0.25, -0.2) is 0 Å². The molecule has 0 radical (unpaired) electrons. The van der Waals surface area contributed by atoms with Crippen molar-refractivity contribution in [1.82, 2.24) is 39.8 Å². The molecular weight excluding hydrogens is 705 g/mol. The van der Waals surface area contributed by atoms with Crippen molar-refractivity contribution >= 4 is 11.6 Å². The third-order valence-electron chi connectivity index (χ3n) is 6.04. The number of ketones is 2. The summed E-state index contributed by atoms with van der Waals surface area (Å²) in [5.74, 6) is 8.88. The predicted molar refractivity (Wildman–Crippen MR) is 228 cm³/mol. The Hall–Kier alpha value is -4.64. The van der Waals surface area contributed by atoms with Crippen LogP contribution in [-0.2, 0) is 24.3 Å². The minimum atomic E-state index is -0.0972. The number of hydrogen-bond donors (Lipinski definition) is 2. The van der Waals surface area contributed by atoms with Crippen LogP contribution in [0.3, 0.4) is 0 Å². The van der Waals surface area contributed by atoms with Gasteiger partial charge in [-0.2, -0.15) is 0 Å². The van der Waals surface area contributed by atoms with Gasteiger partial charge in [0.2, 0.25) is 15.6 Å². The van der Waals surface area contributed by atoms with Crippen molar-refractivity contribution in [3.8, 4) is 24.7 Å². The van der Waals surface area contributed by atoms with Gasteiger partial charge in [0, 0.05) is 38.5 Å². The van der Waals surface area contributed by atoms with Gasteiger partial charge in [0.1, 0.15) is 40.1 Å². The number of aromatic nitrogens is 6. The summed E-state index contributed by atoms with van der Waals surface area (Å²) in [4.78, 5) is 27.7. The van der Waals surface area contributed by atoms with E-state index in [9.17, 15) is 9.59 Å². The van der Waals surface area contributed by atoms with Crippen LogP contribution >= 0.6 is 0 Å². The lowest BCUT2D eigenvalue weighted by Crippen LogP contribution is -2.05. The minimum Gasteiger partial charge on any atom is -0.292 e. The molecule has 2 heterocycles. The van der Waals surface area contributed by atoms with E-state index in [0.29, 0.717) is 79.0 Å². The van der Waals surface area contributed by atoms with Crippen molar-refractivity contribution in [1.29, 1.82) is 11.1 Å². The Morgan fingerprint density at radius 1 is 0.643 bits per heavy atom. The molecule has 0 saturated carbocycles. The number of carbonyl (C=O) groups is 2. The van der Waals surface area contributed by atoms with Gasteiger partial charge in [-0.1, -0.05) is 121 Å². The molecule has 2 rings (SSSR count). The molecule has 14 heteroatoms. The number of nitrogens with one attached hydrogen (secondary N) is 2. The normalized spacial score (nSPS) is 9.96. The Balaban J connectivity index is -0.000000301. The van der Waals surface area contributed by atoms with Crippen molar-refractivity contribution in [3.63, 3.8) is 0 Å². The average Bonchev–Trinajstić information content (AvgIpc) is 3.72. The second kappa shape index (κ2) is 37.3. The van der Waals surface area contributed by atoms with Gasteiger partial charge in [-0.05, 0) is 59.7 Å². The summed E-state index contributed by atoms with van der Waals surface area (Å²) >= 11 is 0. The van der Waals surface area contributed by atoms with Crippen LogP contribution in [0.2, 0.25) is 0 Å². The van der Waals surface area contributed by atoms with Crippen LogP contribution < -0.4 is 9.82 Å². The Kier molecular flexibility index (Phi) is 38.7. The molecule has 14 nitrogen and oxygen atoms in total. The predicted octanol–water partition coefficient (Wildman–Crippen LogP) is 9.58. The third kappa shape index (κ3) is 45.5. The van der Waals surface area contributed by atoms with Crippen LogP contribution in [0, 0.1) is 83.1 Å². The van der Waals surface area contributed by atoms with Gasteiger partial charge in [0.15, 0.2) is 5.78 Å². The second-order valence-corrected chi connectivity index (χ2v) is 16.8. The number of carbonyl (C=O) groups excluding carboxylic acids is 2. The van der Waals surface area contributed by atoms with Gasteiger partial charge in [-0.15, -0.1) is 29.0 Å². The summed E-state index contributed by atoms with van der Waals surface area (Å²) in [6.07, 6.45) is 16.6. The van der Waals surface area contributed by atoms with Gasteiger partial charge in [0.25, 0.3) is 0 Å². The van der Waals surface area contributed by atoms with Crippen LogP contribution in [0.25, 0.3) is 0 Å². The van der Waals surface area contributed by atoms with E-state index < -0.39 is 0 Å². The van der Waals surface area contributed by atoms with Crippen molar-refractivity contribution < 1.29 is 9.59 Å².